The number of urea groups is 1. The Bertz CT molecular complexity index is 3680. The van der Waals surface area contributed by atoms with Crippen LogP contribution in [0.2, 0.25) is 19.6 Å². The van der Waals surface area contributed by atoms with E-state index in [1.165, 1.54) is 11.1 Å². The zero-order chi connectivity index (χ0) is 62.4. The molecule has 2 amide bonds. The van der Waals surface area contributed by atoms with Gasteiger partial charge in [-0.25, -0.2) is 14.2 Å². The summed E-state index contributed by atoms with van der Waals surface area (Å²) in [6.07, 6.45) is 11.5. The lowest BCUT2D eigenvalue weighted by atomic mass is 9.91. The zero-order valence-corrected chi connectivity index (χ0v) is 52.8. The molecule has 2 aliphatic heterocycles. The molecule has 2 aliphatic rings. The molecule has 15 heteroatoms. The first-order valence-electron chi connectivity index (χ1n) is 29.4. The van der Waals surface area contributed by atoms with E-state index >= 15 is 0 Å². The minimum absolute atomic E-state index is 0.0565. The molecule has 88 heavy (non-hydrogen) atoms. The van der Waals surface area contributed by atoms with Gasteiger partial charge >= 0.3 is 6.03 Å². The van der Waals surface area contributed by atoms with Gasteiger partial charge in [0.25, 0.3) is 0 Å². The van der Waals surface area contributed by atoms with Gasteiger partial charge in [-0.3, -0.25) is 0 Å². The average molecular weight is 1200 g/mol. The highest BCUT2D eigenvalue weighted by Gasteiger charge is 2.30. The fourth-order valence-electron chi connectivity index (χ4n) is 10.2. The first-order valence-corrected chi connectivity index (χ1v) is 32.8. The van der Waals surface area contributed by atoms with E-state index in [9.17, 15) is 9.59 Å². The van der Waals surface area contributed by atoms with E-state index in [4.69, 9.17) is 43.6 Å². The smallest absolute Gasteiger partial charge is 0.315 e. The van der Waals surface area contributed by atoms with Crippen LogP contribution in [0.5, 0.6) is 46.0 Å². The van der Waals surface area contributed by atoms with Crippen molar-refractivity contribution in [2.24, 2.45) is 10.4 Å². The predicted octanol–water partition coefficient (Wildman–Crippen LogP) is 15.1. The van der Waals surface area contributed by atoms with Crippen molar-refractivity contribution in [1.82, 2.24) is 10.2 Å². The molecule has 8 aromatic rings. The number of methoxy groups -OCH3 is 4. The van der Waals surface area contributed by atoms with Gasteiger partial charge in [0.2, 0.25) is 6.08 Å². The van der Waals surface area contributed by atoms with E-state index in [0.29, 0.717) is 62.4 Å². The van der Waals surface area contributed by atoms with Gasteiger partial charge in [-0.2, -0.15) is 0 Å². The van der Waals surface area contributed by atoms with Gasteiger partial charge in [0.1, 0.15) is 26.4 Å². The second-order valence-corrected chi connectivity index (χ2v) is 26.8. The zero-order valence-electron chi connectivity index (χ0n) is 51.8. The normalized spacial score (nSPS) is 14.1. The third kappa shape index (κ3) is 18.0. The number of hydrogen-bond donors (Lipinski definition) is 2. The fraction of sp³-hybridized carbons (Fsp3) is 0.260. The van der Waals surface area contributed by atoms with E-state index in [1.54, 1.807) is 39.4 Å². The van der Waals surface area contributed by atoms with Gasteiger partial charge in [-0.1, -0.05) is 146 Å². The van der Waals surface area contributed by atoms with Crippen LogP contribution >= 0.6 is 0 Å². The van der Waals surface area contributed by atoms with Crippen LogP contribution in [-0.4, -0.2) is 66.8 Å². The average Bonchev–Trinajstić information content (AvgIpc) is 3.32. The van der Waals surface area contributed by atoms with Gasteiger partial charge in [-0.05, 0) is 162 Å². The number of nitrogens with zero attached hydrogens (tertiary/aromatic N) is 2. The lowest BCUT2D eigenvalue weighted by Crippen LogP contribution is -2.42. The molecule has 10 rings (SSSR count). The van der Waals surface area contributed by atoms with E-state index in [0.717, 1.165) is 91.6 Å². The number of ether oxygens (including phenoxy) is 8. The molecular formula is C73H80N4O10Si. The van der Waals surface area contributed by atoms with Crippen LogP contribution in [0.25, 0.3) is 12.2 Å². The molecule has 0 aliphatic carbocycles. The summed E-state index contributed by atoms with van der Waals surface area (Å²) in [6, 6.07) is 55.7. The summed E-state index contributed by atoms with van der Waals surface area (Å²) in [5.41, 5.74) is 18.9. The largest absolute Gasteiger partial charge is 0.493 e. The van der Waals surface area contributed by atoms with Crippen LogP contribution in [-0.2, 0) is 44.1 Å². The SMILES string of the molecule is COc1cc(C)c(/C=C/C2NCCc3cc(OCc4ccccc4)c(OC)cc32)cc1OCc1ccccc1.COc1cc(C)c(/C=C/C2c3cc(OC)c(OCc4ccccc4)cc3CCN2C(N)=O)cc1OCc1ccccc1.C[Si](C)(C)N=C=O. The Kier molecular flexibility index (Phi) is 23.2. The maximum Gasteiger partial charge on any atom is 0.315 e. The second-order valence-electron chi connectivity index (χ2n) is 22.2. The summed E-state index contributed by atoms with van der Waals surface area (Å²) in [4.78, 5) is 23.8. The van der Waals surface area contributed by atoms with Crippen molar-refractivity contribution in [2.45, 2.75) is 84.8 Å². The molecule has 0 radical (unpaired) electrons. The molecule has 0 bridgehead atoms. The summed E-state index contributed by atoms with van der Waals surface area (Å²) >= 11 is 0. The summed E-state index contributed by atoms with van der Waals surface area (Å²) in [5, 5.41) is 3.64. The number of isocyanates is 1. The van der Waals surface area contributed by atoms with Gasteiger partial charge in [-0.15, -0.1) is 0 Å². The quantitative estimate of drug-likeness (QED) is 0.0400. The number of carbonyl (C=O) groups is 1. The number of benzene rings is 8. The summed E-state index contributed by atoms with van der Waals surface area (Å²) in [6.45, 7) is 13.3. The molecule has 2 unspecified atom stereocenters. The highest BCUT2D eigenvalue weighted by Crippen LogP contribution is 2.41. The highest BCUT2D eigenvalue weighted by molar-refractivity contribution is 6.74. The molecule has 0 fully saturated rings. The predicted molar refractivity (Wildman–Crippen MR) is 351 cm³/mol. The molecular weight excluding hydrogens is 1120 g/mol. The van der Waals surface area contributed by atoms with Crippen molar-refractivity contribution in [3.8, 4) is 46.0 Å². The Hall–Kier alpha value is -9.53. The number of nitrogens with one attached hydrogen (secondary N) is 1. The van der Waals surface area contributed by atoms with Crippen molar-refractivity contribution in [1.29, 1.82) is 0 Å². The van der Waals surface area contributed by atoms with Crippen molar-refractivity contribution in [3.05, 3.63) is 249 Å². The monoisotopic (exact) mass is 1200 g/mol. The molecule has 456 valence electrons. The molecule has 0 saturated carbocycles. The fourth-order valence-corrected chi connectivity index (χ4v) is 10.4. The Labute approximate surface area is 519 Å². The van der Waals surface area contributed by atoms with E-state index in [1.807, 2.05) is 166 Å². The minimum Gasteiger partial charge on any atom is -0.493 e. The van der Waals surface area contributed by atoms with Crippen molar-refractivity contribution < 1.29 is 47.5 Å². The third-order valence-corrected chi connectivity index (χ3v) is 15.6. The van der Waals surface area contributed by atoms with Crippen LogP contribution < -0.4 is 48.9 Å². The van der Waals surface area contributed by atoms with E-state index in [-0.39, 0.29) is 12.1 Å². The van der Waals surface area contributed by atoms with Crippen LogP contribution in [0, 0.1) is 13.8 Å². The van der Waals surface area contributed by atoms with Gasteiger partial charge in [0.05, 0.1) is 40.5 Å². The number of carbonyl (C=O) groups excluding carboxylic acids is 2. The third-order valence-electron chi connectivity index (χ3n) is 14.9. The number of rotatable bonds is 21. The maximum absolute atomic E-state index is 12.5. The lowest BCUT2D eigenvalue weighted by Gasteiger charge is -2.35. The topological polar surface area (TPSA) is 162 Å². The Morgan fingerprint density at radius 1 is 0.534 bits per heavy atom. The molecule has 8 aromatic carbocycles. The number of hydrogen-bond acceptors (Lipinski definition) is 12. The Morgan fingerprint density at radius 3 is 1.28 bits per heavy atom. The lowest BCUT2D eigenvalue weighted by molar-refractivity contribution is 0.191. The molecule has 3 N–H and O–H groups in total. The molecule has 2 atom stereocenters. The van der Waals surface area contributed by atoms with Crippen molar-refractivity contribution in [3.63, 3.8) is 0 Å². The molecule has 0 saturated heterocycles. The molecule has 14 nitrogen and oxygen atoms in total. The van der Waals surface area contributed by atoms with Crippen molar-refractivity contribution >= 4 is 32.5 Å². The number of fused-ring (bicyclic) bond motifs is 2. The standard InChI is InChI=1S/C35H36N2O5.C34H35NO4.C4H9NOSi/c1-24-18-31(39-2)33(41-22-25-10-6-4-7-11-25)19-27(24)14-15-30-29-21-32(40-3)34(42-23-26-12-8-5-9-13-26)20-28(29)16-17-37(30)35(36)38;1-24-18-31(36-2)33(38-22-25-10-6-4-7-11-25)19-27(24)14-15-30-29-21-32(37-3)34(20-28(29)16-17-35-30)39-23-26-12-8-5-9-13-26;1-7(2,3)5-4-6/h4-15,18-21,30H,16-17,22-23H2,1-3H3,(H2,36,38);4-15,18-21,30,35H,16-17,22-23H2,1-3H3;1-3H3/b2*15-14+;. The number of nitrogens with two attached hydrogens (primary N) is 1. The minimum atomic E-state index is -1.46. The Morgan fingerprint density at radius 2 is 0.909 bits per heavy atom. The van der Waals surface area contributed by atoms with Gasteiger partial charge in [0, 0.05) is 13.1 Å². The van der Waals surface area contributed by atoms with Gasteiger partial charge < -0.3 is 53.8 Å². The van der Waals surface area contributed by atoms with E-state index in [2.05, 4.69) is 71.5 Å². The van der Waals surface area contributed by atoms with Crippen LogP contribution in [0.3, 0.4) is 0 Å². The summed E-state index contributed by atoms with van der Waals surface area (Å²) in [7, 11) is 5.16. The van der Waals surface area contributed by atoms with Crippen LogP contribution in [0.4, 0.5) is 4.79 Å². The highest BCUT2D eigenvalue weighted by atomic mass is 28.3. The molecule has 0 spiro atoms. The Balaban J connectivity index is 0.000000206. The van der Waals surface area contributed by atoms with Crippen molar-refractivity contribution in [2.75, 3.05) is 41.5 Å². The van der Waals surface area contributed by atoms with Crippen LogP contribution in [0.1, 0.15) is 78.8 Å². The second kappa shape index (κ2) is 31.7. The number of aryl methyl sites for hydroxylation is 2. The molecule has 0 aromatic heterocycles. The van der Waals surface area contributed by atoms with Gasteiger partial charge in [0.15, 0.2) is 54.2 Å². The van der Waals surface area contributed by atoms with E-state index < -0.39 is 14.3 Å². The maximum atomic E-state index is 12.5. The summed E-state index contributed by atoms with van der Waals surface area (Å²) < 4.78 is 50.8. The first-order chi connectivity index (χ1) is 42.7. The number of amides is 2. The number of primary amides is 1. The van der Waals surface area contributed by atoms with Crippen LogP contribution in [0.15, 0.2) is 187 Å². The molecule has 2 heterocycles. The summed E-state index contributed by atoms with van der Waals surface area (Å²) in [5.74, 6) is 5.55. The first kappa shape index (κ1) is 64.5.